The van der Waals surface area contributed by atoms with Gasteiger partial charge in [-0.15, -0.1) is 11.3 Å². The third-order valence-electron chi connectivity index (χ3n) is 2.16. The van der Waals surface area contributed by atoms with Crippen LogP contribution in [0.1, 0.15) is 16.9 Å². The summed E-state index contributed by atoms with van der Waals surface area (Å²) in [7, 11) is 0. The SMILES string of the molecule is Cc1ccsc1CNC1=NCCCS1. The van der Waals surface area contributed by atoms with E-state index in [1.165, 1.54) is 22.6 Å². The third-order valence-corrected chi connectivity index (χ3v) is 4.23. The van der Waals surface area contributed by atoms with Crippen LogP contribution in [0.5, 0.6) is 0 Å². The molecule has 1 aliphatic heterocycles. The summed E-state index contributed by atoms with van der Waals surface area (Å²) in [4.78, 5) is 5.85. The van der Waals surface area contributed by atoms with Gasteiger partial charge in [-0.1, -0.05) is 11.8 Å². The van der Waals surface area contributed by atoms with Crippen LogP contribution in [0.3, 0.4) is 0 Å². The molecule has 0 atom stereocenters. The number of hydrogen-bond acceptors (Lipinski definition) is 4. The van der Waals surface area contributed by atoms with Gasteiger partial charge < -0.3 is 5.32 Å². The summed E-state index contributed by atoms with van der Waals surface area (Å²) in [5.74, 6) is 1.20. The Hall–Kier alpha value is -0.480. The van der Waals surface area contributed by atoms with Gasteiger partial charge in [0.1, 0.15) is 0 Å². The van der Waals surface area contributed by atoms with Gasteiger partial charge >= 0.3 is 0 Å². The number of nitrogens with zero attached hydrogens (tertiary/aromatic N) is 1. The molecule has 0 aromatic carbocycles. The van der Waals surface area contributed by atoms with E-state index in [1.54, 1.807) is 0 Å². The van der Waals surface area contributed by atoms with Gasteiger partial charge in [0.15, 0.2) is 5.17 Å². The summed E-state index contributed by atoms with van der Waals surface area (Å²) >= 11 is 3.65. The smallest absolute Gasteiger partial charge is 0.156 e. The van der Waals surface area contributed by atoms with E-state index in [4.69, 9.17) is 0 Å². The Balaban J connectivity index is 1.88. The first kappa shape index (κ1) is 10.1. The van der Waals surface area contributed by atoms with E-state index in [0.29, 0.717) is 0 Å². The maximum Gasteiger partial charge on any atom is 0.156 e. The molecule has 0 fully saturated rings. The van der Waals surface area contributed by atoms with Gasteiger partial charge in [-0.3, -0.25) is 4.99 Å². The minimum Gasteiger partial charge on any atom is -0.360 e. The second kappa shape index (κ2) is 4.84. The zero-order valence-corrected chi connectivity index (χ0v) is 9.88. The van der Waals surface area contributed by atoms with Crippen molar-refractivity contribution >= 4 is 28.3 Å². The molecule has 4 heteroatoms. The average molecular weight is 226 g/mol. The third kappa shape index (κ3) is 2.51. The second-order valence-corrected chi connectivity index (χ2v) is 5.35. The van der Waals surface area contributed by atoms with E-state index in [9.17, 15) is 0 Å². The minimum atomic E-state index is 0.926. The lowest BCUT2D eigenvalue weighted by Gasteiger charge is -2.12. The lowest BCUT2D eigenvalue weighted by Crippen LogP contribution is -2.22. The van der Waals surface area contributed by atoms with Crippen LogP contribution in [-0.2, 0) is 6.54 Å². The molecule has 0 amide bonds. The molecule has 1 aromatic heterocycles. The van der Waals surface area contributed by atoms with E-state index >= 15 is 0 Å². The van der Waals surface area contributed by atoms with Crippen LogP contribution in [-0.4, -0.2) is 17.5 Å². The summed E-state index contributed by atoms with van der Waals surface area (Å²) < 4.78 is 0. The molecule has 2 heterocycles. The Bertz CT molecular complexity index is 331. The highest BCUT2D eigenvalue weighted by atomic mass is 32.2. The molecule has 2 rings (SSSR count). The van der Waals surface area contributed by atoms with Crippen LogP contribution >= 0.6 is 23.1 Å². The Morgan fingerprint density at radius 3 is 3.14 bits per heavy atom. The van der Waals surface area contributed by atoms with Gasteiger partial charge in [0, 0.05) is 17.2 Å². The maximum absolute atomic E-state index is 4.43. The first-order valence-electron chi connectivity index (χ1n) is 4.80. The van der Waals surface area contributed by atoms with Gasteiger partial charge in [0.25, 0.3) is 0 Å². The Labute approximate surface area is 92.8 Å². The lowest BCUT2D eigenvalue weighted by atomic mass is 10.3. The molecule has 0 spiro atoms. The number of hydrogen-bond donors (Lipinski definition) is 1. The van der Waals surface area contributed by atoms with Crippen molar-refractivity contribution in [2.24, 2.45) is 4.99 Å². The molecule has 0 saturated heterocycles. The van der Waals surface area contributed by atoms with E-state index in [0.717, 1.165) is 18.3 Å². The zero-order valence-electron chi connectivity index (χ0n) is 8.25. The molecule has 0 aliphatic carbocycles. The molecule has 0 saturated carbocycles. The van der Waals surface area contributed by atoms with Crippen LogP contribution in [0.25, 0.3) is 0 Å². The first-order valence-corrected chi connectivity index (χ1v) is 6.67. The number of aliphatic imine (C=N–C) groups is 1. The number of thiophene rings is 1. The Morgan fingerprint density at radius 1 is 1.57 bits per heavy atom. The second-order valence-electron chi connectivity index (χ2n) is 3.27. The van der Waals surface area contributed by atoms with E-state index in [-0.39, 0.29) is 0 Å². The van der Waals surface area contributed by atoms with Gasteiger partial charge in [-0.25, -0.2) is 0 Å². The van der Waals surface area contributed by atoms with Crippen LogP contribution in [0.15, 0.2) is 16.4 Å². The fraction of sp³-hybridized carbons (Fsp3) is 0.500. The highest BCUT2D eigenvalue weighted by Crippen LogP contribution is 2.16. The van der Waals surface area contributed by atoms with Crippen LogP contribution < -0.4 is 5.32 Å². The van der Waals surface area contributed by atoms with Crippen molar-refractivity contribution in [3.05, 3.63) is 21.9 Å². The molecular weight excluding hydrogens is 212 g/mol. The van der Waals surface area contributed by atoms with Crippen molar-refractivity contribution < 1.29 is 0 Å². The monoisotopic (exact) mass is 226 g/mol. The van der Waals surface area contributed by atoms with Crippen molar-refractivity contribution in [1.29, 1.82) is 0 Å². The standard InChI is InChI=1S/C10H14N2S2/c1-8-3-6-13-9(8)7-12-10-11-4-2-5-14-10/h3,6H,2,4-5,7H2,1H3,(H,11,12). The van der Waals surface area contributed by atoms with Crippen molar-refractivity contribution in [3.63, 3.8) is 0 Å². The predicted molar refractivity (Wildman–Crippen MR) is 65.3 cm³/mol. The largest absolute Gasteiger partial charge is 0.360 e. The highest BCUT2D eigenvalue weighted by Gasteiger charge is 2.06. The van der Waals surface area contributed by atoms with Gasteiger partial charge in [0.05, 0.1) is 6.54 Å². The zero-order chi connectivity index (χ0) is 9.80. The predicted octanol–water partition coefficient (Wildman–Crippen LogP) is 2.64. The fourth-order valence-electron chi connectivity index (χ4n) is 1.31. The minimum absolute atomic E-state index is 0.926. The first-order chi connectivity index (χ1) is 6.86. The van der Waals surface area contributed by atoms with Gasteiger partial charge in [0.2, 0.25) is 0 Å². The number of nitrogens with one attached hydrogen (secondary N) is 1. The number of rotatable bonds is 2. The van der Waals surface area contributed by atoms with Crippen LogP contribution in [0.2, 0.25) is 0 Å². The van der Waals surface area contributed by atoms with Gasteiger partial charge in [-0.2, -0.15) is 0 Å². The number of thioether (sulfide) groups is 1. The van der Waals surface area contributed by atoms with Gasteiger partial charge in [-0.05, 0) is 30.4 Å². The Kier molecular flexibility index (Phi) is 3.48. The number of amidine groups is 1. The molecule has 14 heavy (non-hydrogen) atoms. The molecule has 76 valence electrons. The van der Waals surface area contributed by atoms with Crippen molar-refractivity contribution in [3.8, 4) is 0 Å². The number of aryl methyl sites for hydroxylation is 1. The summed E-state index contributed by atoms with van der Waals surface area (Å²) in [5.41, 5.74) is 1.38. The molecule has 0 bridgehead atoms. The van der Waals surface area contributed by atoms with E-state index < -0.39 is 0 Å². The Morgan fingerprint density at radius 2 is 2.50 bits per heavy atom. The van der Waals surface area contributed by atoms with Crippen LogP contribution in [0.4, 0.5) is 0 Å². The fourth-order valence-corrected chi connectivity index (χ4v) is 2.98. The summed E-state index contributed by atoms with van der Waals surface area (Å²) in [5, 5.41) is 6.64. The van der Waals surface area contributed by atoms with Crippen molar-refractivity contribution in [2.75, 3.05) is 12.3 Å². The van der Waals surface area contributed by atoms with Crippen LogP contribution in [0, 0.1) is 6.92 Å². The van der Waals surface area contributed by atoms with E-state index in [1.807, 2.05) is 23.1 Å². The normalized spacial score (nSPS) is 16.5. The van der Waals surface area contributed by atoms with Crippen molar-refractivity contribution in [2.45, 2.75) is 19.9 Å². The van der Waals surface area contributed by atoms with E-state index in [2.05, 4.69) is 28.7 Å². The molecule has 2 nitrogen and oxygen atoms in total. The summed E-state index contributed by atoms with van der Waals surface area (Å²) in [6.07, 6.45) is 1.22. The quantitative estimate of drug-likeness (QED) is 0.838. The summed E-state index contributed by atoms with van der Waals surface area (Å²) in [6.45, 7) is 4.07. The molecule has 1 aromatic rings. The molecule has 0 unspecified atom stereocenters. The topological polar surface area (TPSA) is 24.4 Å². The lowest BCUT2D eigenvalue weighted by molar-refractivity contribution is 0.886. The molecular formula is C10H14N2S2. The van der Waals surface area contributed by atoms with Crippen molar-refractivity contribution in [1.82, 2.24) is 5.32 Å². The summed E-state index contributed by atoms with van der Waals surface area (Å²) in [6, 6.07) is 2.16. The molecule has 1 aliphatic rings. The highest BCUT2D eigenvalue weighted by molar-refractivity contribution is 8.13. The molecule has 1 N–H and O–H groups in total. The average Bonchev–Trinajstić information content (AvgIpc) is 2.63. The molecule has 0 radical (unpaired) electrons. The maximum atomic E-state index is 4.43.